The molecule has 5 nitrogen and oxygen atoms in total. The molecule has 1 aromatic carbocycles. The van der Waals surface area contributed by atoms with E-state index in [0.29, 0.717) is 12.0 Å². The molecule has 7 heteroatoms. The van der Waals surface area contributed by atoms with Gasteiger partial charge < -0.3 is 0 Å². The van der Waals surface area contributed by atoms with Gasteiger partial charge >= 0.3 is 0 Å². The second kappa shape index (κ2) is 5.62. The third-order valence-electron chi connectivity index (χ3n) is 4.27. The molecule has 124 valence electrons. The van der Waals surface area contributed by atoms with Crippen LogP contribution >= 0.6 is 0 Å². The highest BCUT2D eigenvalue weighted by molar-refractivity contribution is 7.92. The SMILES string of the molecule is CCN([C@]1(C)CCS(=O)(=O)C1)S(=O)(=O)c1ccc(C)cc1C. The van der Waals surface area contributed by atoms with Crippen molar-refractivity contribution in [2.45, 2.75) is 44.6 Å². The van der Waals surface area contributed by atoms with Crippen LogP contribution in [0.25, 0.3) is 0 Å². The van der Waals surface area contributed by atoms with Crippen molar-refractivity contribution < 1.29 is 16.8 Å². The van der Waals surface area contributed by atoms with Crippen molar-refractivity contribution in [2.75, 3.05) is 18.1 Å². The van der Waals surface area contributed by atoms with E-state index >= 15 is 0 Å². The van der Waals surface area contributed by atoms with Gasteiger partial charge in [-0.25, -0.2) is 16.8 Å². The molecule has 2 rings (SSSR count). The summed E-state index contributed by atoms with van der Waals surface area (Å²) < 4.78 is 51.0. The van der Waals surface area contributed by atoms with Crippen molar-refractivity contribution in [3.05, 3.63) is 29.3 Å². The van der Waals surface area contributed by atoms with Crippen LogP contribution in [0.5, 0.6) is 0 Å². The Morgan fingerprint density at radius 2 is 1.91 bits per heavy atom. The second-order valence-electron chi connectivity index (χ2n) is 6.28. The largest absolute Gasteiger partial charge is 0.243 e. The number of benzene rings is 1. The molecule has 0 bridgehead atoms. The molecule has 1 aliphatic heterocycles. The molecule has 0 aromatic heterocycles. The molecule has 0 unspecified atom stereocenters. The van der Waals surface area contributed by atoms with Crippen LogP contribution in [-0.2, 0) is 19.9 Å². The van der Waals surface area contributed by atoms with Gasteiger partial charge in [-0.05, 0) is 38.8 Å². The first-order valence-electron chi connectivity index (χ1n) is 7.32. The van der Waals surface area contributed by atoms with E-state index in [4.69, 9.17) is 0 Å². The zero-order valence-corrected chi connectivity index (χ0v) is 15.1. The van der Waals surface area contributed by atoms with Crippen LogP contribution in [-0.4, -0.2) is 44.7 Å². The first-order valence-corrected chi connectivity index (χ1v) is 10.6. The summed E-state index contributed by atoms with van der Waals surface area (Å²) in [6.45, 7) is 7.40. The highest BCUT2D eigenvalue weighted by Crippen LogP contribution is 2.34. The van der Waals surface area contributed by atoms with Crippen molar-refractivity contribution in [3.63, 3.8) is 0 Å². The standard InChI is InChI=1S/C15H23NO4S2/c1-5-16(15(4)8-9-21(17,18)11-15)22(19,20)14-7-6-12(2)10-13(14)3/h6-7,10H,5,8-9,11H2,1-4H3/t15-/m1/s1. The predicted molar refractivity (Wildman–Crippen MR) is 87.2 cm³/mol. The van der Waals surface area contributed by atoms with Gasteiger partial charge in [-0.3, -0.25) is 0 Å². The van der Waals surface area contributed by atoms with Crippen LogP contribution in [0.3, 0.4) is 0 Å². The molecule has 1 saturated heterocycles. The Bertz CT molecular complexity index is 784. The molecule has 0 aliphatic carbocycles. The molecule has 1 atom stereocenters. The molecule has 1 aliphatic rings. The van der Waals surface area contributed by atoms with Crippen molar-refractivity contribution in [3.8, 4) is 0 Å². The molecule has 0 N–H and O–H groups in total. The molecule has 0 spiro atoms. The van der Waals surface area contributed by atoms with Gasteiger partial charge in [0.05, 0.1) is 16.4 Å². The Labute approximate surface area is 133 Å². The van der Waals surface area contributed by atoms with Gasteiger partial charge in [0, 0.05) is 12.1 Å². The lowest BCUT2D eigenvalue weighted by atomic mass is 10.0. The maximum atomic E-state index is 13.0. The number of sulfone groups is 1. The van der Waals surface area contributed by atoms with E-state index in [1.165, 1.54) is 4.31 Å². The Kier molecular flexibility index (Phi) is 4.45. The molecule has 22 heavy (non-hydrogen) atoms. The van der Waals surface area contributed by atoms with Gasteiger partial charge in [-0.2, -0.15) is 4.31 Å². The van der Waals surface area contributed by atoms with Crippen LogP contribution in [0.15, 0.2) is 23.1 Å². The number of hydrogen-bond acceptors (Lipinski definition) is 4. The fourth-order valence-corrected chi connectivity index (χ4v) is 7.48. The van der Waals surface area contributed by atoms with Crippen LogP contribution in [0, 0.1) is 13.8 Å². The van der Waals surface area contributed by atoms with Crippen LogP contribution in [0.1, 0.15) is 31.4 Å². The van der Waals surface area contributed by atoms with E-state index in [0.717, 1.165) is 5.56 Å². The van der Waals surface area contributed by atoms with Crippen LogP contribution in [0.2, 0.25) is 0 Å². The van der Waals surface area contributed by atoms with Crippen molar-refractivity contribution in [2.24, 2.45) is 0 Å². The molecule has 0 saturated carbocycles. The summed E-state index contributed by atoms with van der Waals surface area (Å²) in [7, 11) is -6.90. The minimum absolute atomic E-state index is 0.0440. The summed E-state index contributed by atoms with van der Waals surface area (Å²) in [5.41, 5.74) is 0.807. The first-order chi connectivity index (χ1) is 10.0. The number of aryl methyl sites for hydroxylation is 2. The van der Waals surface area contributed by atoms with Crippen LogP contribution in [0.4, 0.5) is 0 Å². The van der Waals surface area contributed by atoms with Gasteiger partial charge in [0.2, 0.25) is 10.0 Å². The lowest BCUT2D eigenvalue weighted by molar-refractivity contribution is 0.243. The highest BCUT2D eigenvalue weighted by atomic mass is 32.2. The minimum atomic E-state index is -3.72. The molecular weight excluding hydrogens is 322 g/mol. The normalized spacial score (nSPS) is 24.8. The van der Waals surface area contributed by atoms with E-state index < -0.39 is 25.4 Å². The van der Waals surface area contributed by atoms with Gasteiger partial charge in [0.1, 0.15) is 0 Å². The Morgan fingerprint density at radius 1 is 1.27 bits per heavy atom. The summed E-state index contributed by atoms with van der Waals surface area (Å²) in [6.07, 6.45) is 0.341. The maximum Gasteiger partial charge on any atom is 0.243 e. The fourth-order valence-electron chi connectivity index (χ4n) is 3.24. The lowest BCUT2D eigenvalue weighted by Gasteiger charge is -2.36. The van der Waals surface area contributed by atoms with E-state index in [1.807, 2.05) is 13.0 Å². The number of rotatable bonds is 4. The topological polar surface area (TPSA) is 71.5 Å². The van der Waals surface area contributed by atoms with Gasteiger partial charge in [-0.15, -0.1) is 0 Å². The number of hydrogen-bond donors (Lipinski definition) is 0. The Balaban J connectivity index is 2.50. The van der Waals surface area contributed by atoms with Gasteiger partial charge in [-0.1, -0.05) is 24.6 Å². The highest BCUT2D eigenvalue weighted by Gasteiger charge is 2.47. The monoisotopic (exact) mass is 345 g/mol. The summed E-state index contributed by atoms with van der Waals surface area (Å²) in [5, 5.41) is 0. The number of sulfonamides is 1. The summed E-state index contributed by atoms with van der Waals surface area (Å²) in [4.78, 5) is 0.255. The molecular formula is C15H23NO4S2. The van der Waals surface area contributed by atoms with Crippen molar-refractivity contribution in [1.82, 2.24) is 4.31 Å². The first kappa shape index (κ1) is 17.4. The second-order valence-corrected chi connectivity index (χ2v) is 10.3. The summed E-state index contributed by atoms with van der Waals surface area (Å²) in [5.74, 6) is -0.0691. The van der Waals surface area contributed by atoms with Crippen molar-refractivity contribution in [1.29, 1.82) is 0 Å². The average Bonchev–Trinajstić information content (AvgIpc) is 2.63. The molecule has 1 fully saturated rings. The third-order valence-corrected chi connectivity index (χ3v) is 8.45. The quantitative estimate of drug-likeness (QED) is 0.835. The van der Waals surface area contributed by atoms with Crippen molar-refractivity contribution >= 4 is 19.9 Å². The summed E-state index contributed by atoms with van der Waals surface area (Å²) >= 11 is 0. The van der Waals surface area contributed by atoms with E-state index in [1.54, 1.807) is 32.9 Å². The zero-order chi connectivity index (χ0) is 16.8. The van der Waals surface area contributed by atoms with E-state index in [9.17, 15) is 16.8 Å². The predicted octanol–water partition coefficient (Wildman–Crippen LogP) is 1.89. The molecule has 1 aromatic rings. The van der Waals surface area contributed by atoms with E-state index in [2.05, 4.69) is 0 Å². The Morgan fingerprint density at radius 3 is 2.36 bits per heavy atom. The molecule has 1 heterocycles. The lowest BCUT2D eigenvalue weighted by Crippen LogP contribution is -2.50. The summed E-state index contributed by atoms with van der Waals surface area (Å²) in [6, 6.07) is 5.20. The van der Waals surface area contributed by atoms with Crippen LogP contribution < -0.4 is 0 Å². The van der Waals surface area contributed by atoms with Gasteiger partial charge in [0.15, 0.2) is 9.84 Å². The Hall–Kier alpha value is -0.920. The average molecular weight is 345 g/mol. The maximum absolute atomic E-state index is 13.0. The minimum Gasteiger partial charge on any atom is -0.229 e. The van der Waals surface area contributed by atoms with E-state index in [-0.39, 0.29) is 22.9 Å². The number of nitrogens with zero attached hydrogens (tertiary/aromatic N) is 1. The fraction of sp³-hybridized carbons (Fsp3) is 0.600. The molecule has 0 amide bonds. The zero-order valence-electron chi connectivity index (χ0n) is 13.5. The molecule has 0 radical (unpaired) electrons. The smallest absolute Gasteiger partial charge is 0.229 e. The third kappa shape index (κ3) is 3.07. The van der Waals surface area contributed by atoms with Gasteiger partial charge in [0.25, 0.3) is 0 Å².